The first-order valence-electron chi connectivity index (χ1n) is 12.6. The fraction of sp³-hybridized carbons (Fsp3) is 0.300. The van der Waals surface area contributed by atoms with E-state index in [1.807, 2.05) is 6.07 Å². The van der Waals surface area contributed by atoms with Crippen LogP contribution in [0, 0.1) is 0 Å². The molecular formula is C30H33N3O2. The number of ether oxygens (including phenoxy) is 2. The normalized spacial score (nSPS) is 12.2. The summed E-state index contributed by atoms with van der Waals surface area (Å²) in [5, 5.41) is 5.20. The van der Waals surface area contributed by atoms with Crippen molar-refractivity contribution in [3.8, 4) is 28.4 Å². The quantitative estimate of drug-likeness (QED) is 0.251. The lowest BCUT2D eigenvalue weighted by atomic mass is 10.0. The Morgan fingerprint density at radius 1 is 0.857 bits per heavy atom. The first-order valence-corrected chi connectivity index (χ1v) is 12.6. The van der Waals surface area contributed by atoms with Crippen LogP contribution in [0.5, 0.6) is 11.5 Å². The van der Waals surface area contributed by atoms with Crippen molar-refractivity contribution in [2.75, 3.05) is 18.2 Å². The fourth-order valence-electron chi connectivity index (χ4n) is 4.74. The van der Waals surface area contributed by atoms with Crippen molar-refractivity contribution >= 4 is 5.69 Å². The highest BCUT2D eigenvalue weighted by Crippen LogP contribution is 2.42. The number of hydrogen-bond acceptors (Lipinski definition) is 4. The van der Waals surface area contributed by atoms with Crippen LogP contribution in [-0.4, -0.2) is 23.1 Å². The van der Waals surface area contributed by atoms with Gasteiger partial charge in [-0.25, -0.2) is 4.68 Å². The van der Waals surface area contributed by atoms with E-state index in [0.29, 0.717) is 0 Å². The molecule has 0 bridgehead atoms. The first kappa shape index (κ1) is 23.0. The molecule has 0 saturated heterocycles. The predicted octanol–water partition coefficient (Wildman–Crippen LogP) is 7.03. The monoisotopic (exact) mass is 467 g/mol. The van der Waals surface area contributed by atoms with Gasteiger partial charge in [-0.3, -0.25) is 0 Å². The Morgan fingerprint density at radius 3 is 2.37 bits per heavy atom. The van der Waals surface area contributed by atoms with Gasteiger partial charge in [0.25, 0.3) is 0 Å². The molecule has 5 rings (SSSR count). The van der Waals surface area contributed by atoms with Gasteiger partial charge in [-0.15, -0.1) is 0 Å². The maximum atomic E-state index is 5.91. The number of benzene rings is 3. The van der Waals surface area contributed by atoms with E-state index in [1.165, 1.54) is 11.3 Å². The molecule has 1 aliphatic rings. The van der Waals surface area contributed by atoms with Crippen LogP contribution in [-0.2, 0) is 13.0 Å². The molecule has 0 aliphatic carbocycles. The van der Waals surface area contributed by atoms with Crippen LogP contribution in [0.1, 0.15) is 44.4 Å². The van der Waals surface area contributed by atoms with Gasteiger partial charge in [0, 0.05) is 29.9 Å². The van der Waals surface area contributed by atoms with Gasteiger partial charge in [0.1, 0.15) is 0 Å². The molecule has 0 radical (unpaired) electrons. The summed E-state index contributed by atoms with van der Waals surface area (Å²) in [5.41, 5.74) is 6.91. The Hall–Kier alpha value is -3.73. The van der Waals surface area contributed by atoms with Crippen LogP contribution < -0.4 is 14.4 Å². The molecule has 0 N–H and O–H groups in total. The smallest absolute Gasteiger partial charge is 0.231 e. The van der Waals surface area contributed by atoms with E-state index in [2.05, 4.69) is 96.2 Å². The third-order valence-corrected chi connectivity index (χ3v) is 6.47. The van der Waals surface area contributed by atoms with Gasteiger partial charge < -0.3 is 14.4 Å². The first-order chi connectivity index (χ1) is 17.3. The SMILES string of the molecule is CCCCN(Cc1c(-c2ccccc2)nn(-c2ccccc2)c1CCC)c1cccc2c1OCO2. The van der Waals surface area contributed by atoms with Crippen molar-refractivity contribution < 1.29 is 9.47 Å². The largest absolute Gasteiger partial charge is 0.454 e. The summed E-state index contributed by atoms with van der Waals surface area (Å²) in [6.45, 7) is 6.44. The van der Waals surface area contributed by atoms with Crippen LogP contribution in [0.25, 0.3) is 16.9 Å². The van der Waals surface area contributed by atoms with E-state index in [4.69, 9.17) is 14.6 Å². The molecule has 5 heteroatoms. The van der Waals surface area contributed by atoms with E-state index >= 15 is 0 Å². The van der Waals surface area contributed by atoms with Crippen molar-refractivity contribution in [3.05, 3.63) is 90.1 Å². The molecule has 1 aromatic heterocycles. The zero-order valence-electron chi connectivity index (χ0n) is 20.6. The maximum absolute atomic E-state index is 5.91. The Bertz CT molecular complexity index is 1250. The highest BCUT2D eigenvalue weighted by Gasteiger charge is 2.25. The standard InChI is InChI=1S/C30H33N3O2/c1-3-5-20-32(27-18-12-19-28-30(27)35-22-34-28)21-25-26(13-4-2)33(24-16-10-7-11-17-24)31-29(25)23-14-8-6-9-15-23/h6-12,14-19H,3-5,13,20-22H2,1-2H3. The second-order valence-corrected chi connectivity index (χ2v) is 8.92. The third kappa shape index (κ3) is 4.76. The average molecular weight is 468 g/mol. The molecule has 3 aromatic carbocycles. The summed E-state index contributed by atoms with van der Waals surface area (Å²) in [7, 11) is 0. The highest BCUT2D eigenvalue weighted by molar-refractivity contribution is 5.69. The minimum atomic E-state index is 0.274. The molecular weight excluding hydrogens is 434 g/mol. The number of anilines is 1. The number of para-hydroxylation sites is 2. The van der Waals surface area contributed by atoms with Gasteiger partial charge in [-0.05, 0) is 37.1 Å². The van der Waals surface area contributed by atoms with Crippen molar-refractivity contribution in [2.45, 2.75) is 46.1 Å². The molecule has 5 nitrogen and oxygen atoms in total. The molecule has 180 valence electrons. The Balaban J connectivity index is 1.65. The molecule has 0 fully saturated rings. The summed E-state index contributed by atoms with van der Waals surface area (Å²) in [6, 6.07) is 27.2. The molecule has 1 aliphatic heterocycles. The van der Waals surface area contributed by atoms with Crippen LogP contribution in [0.3, 0.4) is 0 Å². The van der Waals surface area contributed by atoms with E-state index < -0.39 is 0 Å². The summed E-state index contributed by atoms with van der Waals surface area (Å²) >= 11 is 0. The van der Waals surface area contributed by atoms with Crippen LogP contribution in [0.4, 0.5) is 5.69 Å². The number of fused-ring (bicyclic) bond motifs is 1. The zero-order valence-corrected chi connectivity index (χ0v) is 20.6. The summed E-state index contributed by atoms with van der Waals surface area (Å²) in [6.07, 6.45) is 4.23. The van der Waals surface area contributed by atoms with E-state index in [1.54, 1.807) is 0 Å². The van der Waals surface area contributed by atoms with Gasteiger partial charge in [0.2, 0.25) is 6.79 Å². The van der Waals surface area contributed by atoms with E-state index in [0.717, 1.165) is 72.9 Å². The van der Waals surface area contributed by atoms with Crippen LogP contribution in [0.2, 0.25) is 0 Å². The van der Waals surface area contributed by atoms with Crippen molar-refractivity contribution in [3.63, 3.8) is 0 Å². The lowest BCUT2D eigenvalue weighted by molar-refractivity contribution is 0.174. The molecule has 0 spiro atoms. The van der Waals surface area contributed by atoms with E-state index in [9.17, 15) is 0 Å². The molecule has 35 heavy (non-hydrogen) atoms. The second-order valence-electron chi connectivity index (χ2n) is 8.92. The van der Waals surface area contributed by atoms with Gasteiger partial charge in [0.05, 0.1) is 17.1 Å². The minimum absolute atomic E-state index is 0.274. The van der Waals surface area contributed by atoms with Gasteiger partial charge >= 0.3 is 0 Å². The van der Waals surface area contributed by atoms with Gasteiger partial charge in [-0.2, -0.15) is 5.10 Å². The third-order valence-electron chi connectivity index (χ3n) is 6.47. The minimum Gasteiger partial charge on any atom is -0.454 e. The van der Waals surface area contributed by atoms with E-state index in [-0.39, 0.29) is 6.79 Å². The lowest BCUT2D eigenvalue weighted by Gasteiger charge is -2.26. The summed E-state index contributed by atoms with van der Waals surface area (Å²) in [5.74, 6) is 1.67. The molecule has 4 aromatic rings. The summed E-state index contributed by atoms with van der Waals surface area (Å²) < 4.78 is 13.8. The molecule has 0 atom stereocenters. The molecule has 0 saturated carbocycles. The topological polar surface area (TPSA) is 39.5 Å². The maximum Gasteiger partial charge on any atom is 0.231 e. The molecule has 0 amide bonds. The Morgan fingerprint density at radius 2 is 1.63 bits per heavy atom. The second kappa shape index (κ2) is 10.7. The number of aromatic nitrogens is 2. The number of nitrogens with zero attached hydrogens (tertiary/aromatic N) is 3. The van der Waals surface area contributed by atoms with Gasteiger partial charge in [-0.1, -0.05) is 81.3 Å². The highest BCUT2D eigenvalue weighted by atomic mass is 16.7. The number of hydrogen-bond donors (Lipinski definition) is 0. The van der Waals surface area contributed by atoms with Gasteiger partial charge in [0.15, 0.2) is 11.5 Å². The molecule has 0 unspecified atom stereocenters. The number of unbranched alkanes of at least 4 members (excludes halogenated alkanes) is 1. The van der Waals surface area contributed by atoms with Crippen molar-refractivity contribution in [2.24, 2.45) is 0 Å². The van der Waals surface area contributed by atoms with Crippen molar-refractivity contribution in [1.82, 2.24) is 9.78 Å². The predicted molar refractivity (Wildman–Crippen MR) is 142 cm³/mol. The fourth-order valence-corrected chi connectivity index (χ4v) is 4.74. The lowest BCUT2D eigenvalue weighted by Crippen LogP contribution is -2.25. The van der Waals surface area contributed by atoms with Crippen LogP contribution in [0.15, 0.2) is 78.9 Å². The zero-order chi connectivity index (χ0) is 24.0. The number of rotatable bonds is 10. The molecule has 2 heterocycles. The summed E-state index contributed by atoms with van der Waals surface area (Å²) in [4.78, 5) is 2.44. The van der Waals surface area contributed by atoms with Crippen LogP contribution >= 0.6 is 0 Å². The Labute approximate surface area is 207 Å². The average Bonchev–Trinajstić information content (AvgIpc) is 3.53. The van der Waals surface area contributed by atoms with Crippen molar-refractivity contribution in [1.29, 1.82) is 0 Å². The Kier molecular flexibility index (Phi) is 7.03.